The van der Waals surface area contributed by atoms with Crippen LogP contribution in [0.3, 0.4) is 0 Å². The zero-order valence-electron chi connectivity index (χ0n) is 13.0. The van der Waals surface area contributed by atoms with E-state index in [0.29, 0.717) is 6.04 Å². The molecule has 2 unspecified atom stereocenters. The Balaban J connectivity index is 2.95. The van der Waals surface area contributed by atoms with Crippen LogP contribution < -0.4 is 5.73 Å². The van der Waals surface area contributed by atoms with Gasteiger partial charge in [-0.1, -0.05) is 13.8 Å². The molecule has 2 atom stereocenters. The van der Waals surface area contributed by atoms with Gasteiger partial charge < -0.3 is 10.5 Å². The minimum atomic E-state index is -0.00149. The van der Waals surface area contributed by atoms with Crippen LogP contribution in [0, 0.1) is 0 Å². The lowest BCUT2D eigenvalue weighted by atomic mass is 9.77. The molecule has 1 fully saturated rings. The van der Waals surface area contributed by atoms with Crippen LogP contribution in [0.1, 0.15) is 60.3 Å². The van der Waals surface area contributed by atoms with E-state index in [1.807, 2.05) is 0 Å². The topological polar surface area (TPSA) is 38.5 Å². The predicted molar refractivity (Wildman–Crippen MR) is 77.8 cm³/mol. The van der Waals surface area contributed by atoms with E-state index in [2.05, 4.69) is 39.5 Å². The van der Waals surface area contributed by atoms with E-state index in [4.69, 9.17) is 10.5 Å². The summed E-state index contributed by atoms with van der Waals surface area (Å²) in [4.78, 5) is 2.61. The molecule has 0 bridgehead atoms. The van der Waals surface area contributed by atoms with Crippen molar-refractivity contribution in [2.45, 2.75) is 77.5 Å². The van der Waals surface area contributed by atoms with Crippen LogP contribution in [0.25, 0.3) is 0 Å². The van der Waals surface area contributed by atoms with Crippen molar-refractivity contribution in [2.75, 3.05) is 19.7 Å². The fourth-order valence-corrected chi connectivity index (χ4v) is 3.37. The van der Waals surface area contributed by atoms with Crippen LogP contribution in [0.4, 0.5) is 0 Å². The lowest BCUT2D eigenvalue weighted by Gasteiger charge is -2.53. The Bertz CT molecular complexity index is 257. The highest BCUT2D eigenvalue weighted by molar-refractivity contribution is 5.01. The molecule has 0 radical (unpaired) electrons. The Hall–Kier alpha value is -0.120. The van der Waals surface area contributed by atoms with E-state index in [1.165, 1.54) is 6.42 Å². The molecule has 0 aliphatic carbocycles. The SMILES string of the molecule is CCCN(C(C)C)C1(CN)CCOC(C)(CC)C1. The van der Waals surface area contributed by atoms with Crippen LogP contribution in [0.5, 0.6) is 0 Å². The lowest BCUT2D eigenvalue weighted by molar-refractivity contribution is -0.134. The van der Waals surface area contributed by atoms with Gasteiger partial charge in [0.15, 0.2) is 0 Å². The molecule has 0 spiro atoms. The monoisotopic (exact) mass is 256 g/mol. The average molecular weight is 256 g/mol. The van der Waals surface area contributed by atoms with Gasteiger partial charge >= 0.3 is 0 Å². The molecule has 3 heteroatoms. The normalized spacial score (nSPS) is 33.3. The molecule has 1 rings (SSSR count). The van der Waals surface area contributed by atoms with Crippen LogP contribution in [-0.4, -0.2) is 41.8 Å². The quantitative estimate of drug-likeness (QED) is 0.794. The summed E-state index contributed by atoms with van der Waals surface area (Å²) in [5.41, 5.74) is 6.32. The van der Waals surface area contributed by atoms with E-state index in [-0.39, 0.29) is 11.1 Å². The zero-order chi connectivity index (χ0) is 13.8. The van der Waals surface area contributed by atoms with Crippen molar-refractivity contribution >= 4 is 0 Å². The molecule has 0 aromatic heterocycles. The molecule has 2 N–H and O–H groups in total. The fourth-order valence-electron chi connectivity index (χ4n) is 3.37. The summed E-state index contributed by atoms with van der Waals surface area (Å²) in [7, 11) is 0. The minimum absolute atomic E-state index is 0.00149. The maximum atomic E-state index is 6.19. The van der Waals surface area contributed by atoms with Gasteiger partial charge in [-0.3, -0.25) is 4.90 Å². The van der Waals surface area contributed by atoms with Gasteiger partial charge in [-0.15, -0.1) is 0 Å². The zero-order valence-corrected chi connectivity index (χ0v) is 13.0. The molecular weight excluding hydrogens is 224 g/mol. The largest absolute Gasteiger partial charge is 0.375 e. The summed E-state index contributed by atoms with van der Waals surface area (Å²) in [5.74, 6) is 0. The number of rotatable bonds is 6. The molecule has 1 aliphatic rings. The fraction of sp³-hybridized carbons (Fsp3) is 1.00. The smallest absolute Gasteiger partial charge is 0.0670 e. The van der Waals surface area contributed by atoms with Crippen molar-refractivity contribution < 1.29 is 4.74 Å². The summed E-state index contributed by atoms with van der Waals surface area (Å²) in [5, 5.41) is 0. The molecular formula is C15H32N2O. The molecule has 1 heterocycles. The highest BCUT2D eigenvalue weighted by Gasteiger charge is 2.45. The summed E-state index contributed by atoms with van der Waals surface area (Å²) in [6, 6.07) is 0.549. The highest BCUT2D eigenvalue weighted by atomic mass is 16.5. The predicted octanol–water partition coefficient (Wildman–Crippen LogP) is 2.78. The maximum absolute atomic E-state index is 6.19. The first-order valence-electron chi connectivity index (χ1n) is 7.54. The maximum Gasteiger partial charge on any atom is 0.0670 e. The number of hydrogen-bond donors (Lipinski definition) is 1. The Morgan fingerprint density at radius 2 is 2.00 bits per heavy atom. The molecule has 0 aromatic rings. The van der Waals surface area contributed by atoms with Crippen molar-refractivity contribution in [3.8, 4) is 0 Å². The second-order valence-electron chi connectivity index (χ2n) is 6.29. The van der Waals surface area contributed by atoms with E-state index < -0.39 is 0 Å². The Kier molecular flexibility index (Phi) is 5.63. The van der Waals surface area contributed by atoms with Crippen LogP contribution >= 0.6 is 0 Å². The van der Waals surface area contributed by atoms with E-state index in [1.54, 1.807) is 0 Å². The van der Waals surface area contributed by atoms with Crippen molar-refractivity contribution in [2.24, 2.45) is 5.73 Å². The van der Waals surface area contributed by atoms with E-state index in [9.17, 15) is 0 Å². The Morgan fingerprint density at radius 3 is 2.44 bits per heavy atom. The summed E-state index contributed by atoms with van der Waals surface area (Å²) >= 11 is 0. The Labute approximate surface area is 113 Å². The lowest BCUT2D eigenvalue weighted by Crippen LogP contribution is -2.62. The molecule has 3 nitrogen and oxygen atoms in total. The summed E-state index contributed by atoms with van der Waals surface area (Å²) in [6.07, 6.45) is 4.37. The van der Waals surface area contributed by atoms with Crippen LogP contribution in [-0.2, 0) is 4.74 Å². The number of nitrogens with zero attached hydrogens (tertiary/aromatic N) is 1. The van der Waals surface area contributed by atoms with E-state index in [0.717, 1.165) is 39.0 Å². The van der Waals surface area contributed by atoms with E-state index >= 15 is 0 Å². The first-order chi connectivity index (χ1) is 8.43. The van der Waals surface area contributed by atoms with Gasteiger partial charge in [0, 0.05) is 24.7 Å². The number of hydrogen-bond acceptors (Lipinski definition) is 3. The van der Waals surface area contributed by atoms with Gasteiger partial charge in [0.2, 0.25) is 0 Å². The first kappa shape index (κ1) is 15.9. The molecule has 0 saturated carbocycles. The van der Waals surface area contributed by atoms with Crippen molar-refractivity contribution in [3.63, 3.8) is 0 Å². The third-order valence-electron chi connectivity index (χ3n) is 4.55. The van der Waals surface area contributed by atoms with Gasteiger partial charge in [0.05, 0.1) is 5.60 Å². The standard InChI is InChI=1S/C15H32N2O/c1-6-9-17(13(3)4)15(12-16)8-10-18-14(5,7-2)11-15/h13H,6-12,16H2,1-5H3. The summed E-state index contributed by atoms with van der Waals surface area (Å²) < 4.78 is 6.00. The molecule has 0 aromatic carbocycles. The van der Waals surface area contributed by atoms with Crippen molar-refractivity contribution in [3.05, 3.63) is 0 Å². The van der Waals surface area contributed by atoms with Gasteiger partial charge in [-0.25, -0.2) is 0 Å². The van der Waals surface area contributed by atoms with Gasteiger partial charge in [-0.05, 0) is 53.0 Å². The molecule has 1 saturated heterocycles. The molecule has 1 aliphatic heterocycles. The molecule has 108 valence electrons. The average Bonchev–Trinajstić information content (AvgIpc) is 2.35. The van der Waals surface area contributed by atoms with Gasteiger partial charge in [0.25, 0.3) is 0 Å². The number of ether oxygens (including phenoxy) is 1. The third kappa shape index (κ3) is 3.25. The molecule has 0 amide bonds. The van der Waals surface area contributed by atoms with Crippen LogP contribution in [0.2, 0.25) is 0 Å². The second kappa shape index (κ2) is 6.36. The second-order valence-corrected chi connectivity index (χ2v) is 6.29. The molecule has 18 heavy (non-hydrogen) atoms. The van der Waals surface area contributed by atoms with Gasteiger partial charge in [-0.2, -0.15) is 0 Å². The highest BCUT2D eigenvalue weighted by Crippen LogP contribution is 2.38. The van der Waals surface area contributed by atoms with Crippen molar-refractivity contribution in [1.82, 2.24) is 4.90 Å². The Morgan fingerprint density at radius 1 is 1.33 bits per heavy atom. The van der Waals surface area contributed by atoms with Gasteiger partial charge in [0.1, 0.15) is 0 Å². The third-order valence-corrected chi connectivity index (χ3v) is 4.55. The first-order valence-corrected chi connectivity index (χ1v) is 7.54. The van der Waals surface area contributed by atoms with Crippen molar-refractivity contribution in [1.29, 1.82) is 0 Å². The van der Waals surface area contributed by atoms with Crippen LogP contribution in [0.15, 0.2) is 0 Å². The summed E-state index contributed by atoms with van der Waals surface area (Å²) in [6.45, 7) is 14.0. The number of nitrogens with two attached hydrogens (primary N) is 1. The minimum Gasteiger partial charge on any atom is -0.375 e.